The first-order valence-electron chi connectivity index (χ1n) is 8.20. The molecule has 0 aliphatic carbocycles. The molecule has 0 saturated carbocycles. The zero-order valence-corrected chi connectivity index (χ0v) is 16.4. The van der Waals surface area contributed by atoms with Crippen LogP contribution in [0.2, 0.25) is 5.02 Å². The summed E-state index contributed by atoms with van der Waals surface area (Å²) in [7, 11) is 3.60. The molecule has 0 aliphatic rings. The first-order valence-corrected chi connectivity index (χ1v) is 9.56. The van der Waals surface area contributed by atoms with Crippen molar-refractivity contribution in [3.05, 3.63) is 54.3 Å². The Balaban J connectivity index is 1.97. The first-order chi connectivity index (χ1) is 13.1. The Bertz CT molecular complexity index is 1130. The highest BCUT2D eigenvalue weighted by atomic mass is 35.5. The van der Waals surface area contributed by atoms with Crippen molar-refractivity contribution < 1.29 is 9.15 Å². The second-order valence-corrected chi connectivity index (χ2v) is 7.24. The number of thioether (sulfide) groups is 1. The fourth-order valence-corrected chi connectivity index (χ4v) is 3.83. The number of aryl methyl sites for hydroxylation is 1. The zero-order chi connectivity index (χ0) is 19.0. The van der Waals surface area contributed by atoms with E-state index in [1.165, 1.54) is 11.8 Å². The Labute approximate surface area is 165 Å². The standard InChI is InChI=1S/C19H17ClN4O2S/c1-4-9-27-19-22-21-18(15-11-17-13(23(15)2)7-8-26-17)24(19)14-10-12(20)5-6-16(14)25-3/h4-8,10-11H,1,9H2,2-3H3. The topological polar surface area (TPSA) is 58.0 Å². The molecule has 0 unspecified atom stereocenters. The number of benzene rings is 1. The summed E-state index contributed by atoms with van der Waals surface area (Å²) in [6, 6.07) is 9.35. The quantitative estimate of drug-likeness (QED) is 0.338. The number of methoxy groups -OCH3 is 1. The fraction of sp³-hybridized carbons (Fsp3) is 0.158. The summed E-state index contributed by atoms with van der Waals surface area (Å²) in [5.41, 5.74) is 3.43. The van der Waals surface area contributed by atoms with Gasteiger partial charge in [-0.3, -0.25) is 4.57 Å². The van der Waals surface area contributed by atoms with Gasteiger partial charge in [0.1, 0.15) is 5.75 Å². The Morgan fingerprint density at radius 2 is 2.15 bits per heavy atom. The number of fused-ring (bicyclic) bond motifs is 1. The molecule has 0 spiro atoms. The molecule has 0 aliphatic heterocycles. The van der Waals surface area contributed by atoms with Gasteiger partial charge in [-0.05, 0) is 18.2 Å². The lowest BCUT2D eigenvalue weighted by Crippen LogP contribution is -2.04. The molecule has 0 atom stereocenters. The molecule has 0 fully saturated rings. The number of ether oxygens (including phenoxy) is 1. The minimum Gasteiger partial charge on any atom is -0.495 e. The van der Waals surface area contributed by atoms with Crippen molar-refractivity contribution in [2.45, 2.75) is 5.16 Å². The van der Waals surface area contributed by atoms with Crippen molar-refractivity contribution in [2.75, 3.05) is 12.9 Å². The number of halogens is 1. The SMILES string of the molecule is C=CCSc1nnc(-c2cc3occc3n2C)n1-c1cc(Cl)ccc1OC. The van der Waals surface area contributed by atoms with Crippen molar-refractivity contribution in [2.24, 2.45) is 7.05 Å². The monoisotopic (exact) mass is 400 g/mol. The Morgan fingerprint density at radius 3 is 2.89 bits per heavy atom. The predicted octanol–water partition coefficient (Wildman–Crippen LogP) is 4.96. The van der Waals surface area contributed by atoms with Crippen LogP contribution in [0.5, 0.6) is 5.75 Å². The number of nitrogens with zero attached hydrogens (tertiary/aromatic N) is 4. The van der Waals surface area contributed by atoms with E-state index in [0.717, 1.165) is 27.6 Å². The van der Waals surface area contributed by atoms with E-state index >= 15 is 0 Å². The molecule has 0 N–H and O–H groups in total. The molecule has 8 heteroatoms. The van der Waals surface area contributed by atoms with E-state index in [4.69, 9.17) is 20.8 Å². The van der Waals surface area contributed by atoms with Crippen LogP contribution in [0, 0.1) is 0 Å². The normalized spacial score (nSPS) is 11.2. The van der Waals surface area contributed by atoms with E-state index < -0.39 is 0 Å². The lowest BCUT2D eigenvalue weighted by Gasteiger charge is -2.14. The van der Waals surface area contributed by atoms with E-state index in [1.54, 1.807) is 19.4 Å². The highest BCUT2D eigenvalue weighted by Crippen LogP contribution is 2.35. The van der Waals surface area contributed by atoms with Crippen molar-refractivity contribution in [1.29, 1.82) is 0 Å². The van der Waals surface area contributed by atoms with Crippen LogP contribution in [0.1, 0.15) is 0 Å². The van der Waals surface area contributed by atoms with E-state index in [-0.39, 0.29) is 0 Å². The molecule has 0 amide bonds. The predicted molar refractivity (Wildman–Crippen MR) is 108 cm³/mol. The van der Waals surface area contributed by atoms with Crippen LogP contribution in [0.15, 0.2) is 58.8 Å². The van der Waals surface area contributed by atoms with Gasteiger partial charge in [0.25, 0.3) is 0 Å². The van der Waals surface area contributed by atoms with Gasteiger partial charge in [-0.15, -0.1) is 16.8 Å². The Kier molecular flexibility index (Phi) is 4.72. The van der Waals surface area contributed by atoms with Gasteiger partial charge in [-0.1, -0.05) is 29.4 Å². The smallest absolute Gasteiger partial charge is 0.196 e. The fourth-order valence-electron chi connectivity index (χ4n) is 2.98. The second-order valence-electron chi connectivity index (χ2n) is 5.82. The zero-order valence-electron chi connectivity index (χ0n) is 14.8. The molecule has 3 heterocycles. The van der Waals surface area contributed by atoms with Gasteiger partial charge in [-0.2, -0.15) is 0 Å². The minimum atomic E-state index is 0.603. The van der Waals surface area contributed by atoms with Crippen LogP contribution >= 0.6 is 23.4 Å². The maximum atomic E-state index is 6.27. The third kappa shape index (κ3) is 3.02. The summed E-state index contributed by atoms with van der Waals surface area (Å²) in [6.07, 6.45) is 3.50. The van der Waals surface area contributed by atoms with Gasteiger partial charge in [0.05, 0.1) is 30.3 Å². The van der Waals surface area contributed by atoms with Gasteiger partial charge >= 0.3 is 0 Å². The van der Waals surface area contributed by atoms with Crippen LogP contribution in [-0.4, -0.2) is 32.2 Å². The maximum absolute atomic E-state index is 6.27. The molecule has 3 aromatic heterocycles. The van der Waals surface area contributed by atoms with Gasteiger partial charge in [0.15, 0.2) is 16.6 Å². The number of aromatic nitrogens is 4. The lowest BCUT2D eigenvalue weighted by molar-refractivity contribution is 0.412. The molecule has 4 aromatic rings. The van der Waals surface area contributed by atoms with Gasteiger partial charge in [0, 0.05) is 30.0 Å². The summed E-state index contributed by atoms with van der Waals surface area (Å²) in [4.78, 5) is 0. The number of hydrogen-bond acceptors (Lipinski definition) is 5. The van der Waals surface area contributed by atoms with Crippen LogP contribution in [0.25, 0.3) is 28.3 Å². The highest BCUT2D eigenvalue weighted by molar-refractivity contribution is 7.99. The van der Waals surface area contributed by atoms with Crippen molar-refractivity contribution in [3.8, 4) is 23.0 Å². The minimum absolute atomic E-state index is 0.603. The molecule has 0 saturated heterocycles. The molecule has 1 aromatic carbocycles. The molecule has 4 rings (SSSR count). The van der Waals surface area contributed by atoms with Gasteiger partial charge < -0.3 is 13.7 Å². The van der Waals surface area contributed by atoms with Crippen LogP contribution in [0.4, 0.5) is 0 Å². The molecule has 27 heavy (non-hydrogen) atoms. The maximum Gasteiger partial charge on any atom is 0.196 e. The van der Waals surface area contributed by atoms with E-state index in [0.29, 0.717) is 22.3 Å². The summed E-state index contributed by atoms with van der Waals surface area (Å²) >= 11 is 7.81. The average Bonchev–Trinajstić information content (AvgIpc) is 3.36. The van der Waals surface area contributed by atoms with Crippen molar-refractivity contribution >= 4 is 34.5 Å². The van der Waals surface area contributed by atoms with Crippen LogP contribution in [-0.2, 0) is 7.05 Å². The molecule has 0 bridgehead atoms. The third-order valence-electron chi connectivity index (χ3n) is 4.24. The molecule has 0 radical (unpaired) electrons. The first kappa shape index (κ1) is 17.8. The van der Waals surface area contributed by atoms with Crippen LogP contribution < -0.4 is 4.74 Å². The molecular formula is C19H17ClN4O2S. The highest BCUT2D eigenvalue weighted by Gasteiger charge is 2.22. The lowest BCUT2D eigenvalue weighted by atomic mass is 10.2. The summed E-state index contributed by atoms with van der Waals surface area (Å²) in [5, 5.41) is 10.2. The summed E-state index contributed by atoms with van der Waals surface area (Å²) < 4.78 is 15.1. The number of furan rings is 1. The van der Waals surface area contributed by atoms with E-state index in [2.05, 4.69) is 16.8 Å². The van der Waals surface area contributed by atoms with Crippen molar-refractivity contribution in [1.82, 2.24) is 19.3 Å². The van der Waals surface area contributed by atoms with Gasteiger partial charge in [-0.25, -0.2) is 0 Å². The average molecular weight is 401 g/mol. The molecule has 6 nitrogen and oxygen atoms in total. The Hall–Kier alpha value is -2.64. The van der Waals surface area contributed by atoms with Crippen LogP contribution in [0.3, 0.4) is 0 Å². The third-order valence-corrected chi connectivity index (χ3v) is 5.40. The van der Waals surface area contributed by atoms with Gasteiger partial charge in [0.2, 0.25) is 0 Å². The largest absolute Gasteiger partial charge is 0.495 e. The van der Waals surface area contributed by atoms with E-state index in [1.807, 2.05) is 46.5 Å². The summed E-state index contributed by atoms with van der Waals surface area (Å²) in [5.74, 6) is 2.06. The molecule has 138 valence electrons. The number of hydrogen-bond donors (Lipinski definition) is 0. The Morgan fingerprint density at radius 1 is 1.30 bits per heavy atom. The number of rotatable bonds is 6. The van der Waals surface area contributed by atoms with Crippen molar-refractivity contribution in [3.63, 3.8) is 0 Å². The molecular weight excluding hydrogens is 384 g/mol. The van der Waals surface area contributed by atoms with E-state index in [9.17, 15) is 0 Å². The summed E-state index contributed by atoms with van der Waals surface area (Å²) in [6.45, 7) is 3.79. The second kappa shape index (κ2) is 7.17.